The van der Waals surface area contributed by atoms with E-state index in [1.165, 1.54) is 31.2 Å². The highest BCUT2D eigenvalue weighted by Crippen LogP contribution is 2.41. The highest BCUT2D eigenvalue weighted by molar-refractivity contribution is 5.79. The number of aromatic nitrogens is 2. The fourth-order valence-corrected chi connectivity index (χ4v) is 3.92. The van der Waals surface area contributed by atoms with Crippen LogP contribution in [0.4, 0.5) is 0 Å². The van der Waals surface area contributed by atoms with Gasteiger partial charge in [0.15, 0.2) is 5.96 Å². The molecule has 2 N–H and O–H groups in total. The molecular weight excluding hydrogens is 340 g/mol. The SMILES string of the molecule is CCNC(=NCC1(CCOC)CCCC1)NCC(c1cnn(C)c1)N(C)C. The molecule has 1 fully saturated rings. The monoisotopic (exact) mass is 378 g/mol. The molecule has 1 saturated carbocycles. The zero-order valence-electron chi connectivity index (χ0n) is 17.8. The third kappa shape index (κ3) is 6.50. The van der Waals surface area contributed by atoms with Gasteiger partial charge in [0.05, 0.1) is 12.2 Å². The van der Waals surface area contributed by atoms with E-state index in [-0.39, 0.29) is 6.04 Å². The molecule has 1 atom stereocenters. The molecule has 7 heteroatoms. The molecule has 2 rings (SSSR count). The maximum atomic E-state index is 5.35. The molecule has 27 heavy (non-hydrogen) atoms. The van der Waals surface area contributed by atoms with Crippen molar-refractivity contribution in [2.75, 3.05) is 47.4 Å². The Labute approximate surface area is 164 Å². The largest absolute Gasteiger partial charge is 0.385 e. The molecule has 0 aliphatic heterocycles. The minimum Gasteiger partial charge on any atom is -0.385 e. The number of ether oxygens (including phenoxy) is 1. The first kappa shape index (κ1) is 21.7. The highest BCUT2D eigenvalue weighted by atomic mass is 16.5. The highest BCUT2D eigenvalue weighted by Gasteiger charge is 2.33. The number of methoxy groups -OCH3 is 1. The number of hydrogen-bond acceptors (Lipinski definition) is 4. The minimum atomic E-state index is 0.247. The second-order valence-corrected chi connectivity index (χ2v) is 7.95. The van der Waals surface area contributed by atoms with Gasteiger partial charge in [0.2, 0.25) is 0 Å². The fourth-order valence-electron chi connectivity index (χ4n) is 3.92. The Morgan fingerprint density at radius 3 is 2.67 bits per heavy atom. The molecule has 0 radical (unpaired) electrons. The summed E-state index contributed by atoms with van der Waals surface area (Å²) in [6, 6.07) is 0.247. The van der Waals surface area contributed by atoms with Gasteiger partial charge in [-0.3, -0.25) is 9.67 Å². The predicted molar refractivity (Wildman–Crippen MR) is 111 cm³/mol. The second-order valence-electron chi connectivity index (χ2n) is 7.95. The van der Waals surface area contributed by atoms with Crippen LogP contribution in [0.2, 0.25) is 0 Å². The van der Waals surface area contributed by atoms with Crippen molar-refractivity contribution in [1.29, 1.82) is 0 Å². The lowest BCUT2D eigenvalue weighted by Crippen LogP contribution is -2.42. The molecule has 1 aliphatic rings. The van der Waals surface area contributed by atoms with Crippen molar-refractivity contribution >= 4 is 5.96 Å². The Morgan fingerprint density at radius 1 is 1.37 bits per heavy atom. The molecule has 0 saturated heterocycles. The number of likely N-dealkylation sites (N-methyl/N-ethyl adjacent to an activating group) is 1. The maximum Gasteiger partial charge on any atom is 0.191 e. The number of nitrogens with one attached hydrogen (secondary N) is 2. The lowest BCUT2D eigenvalue weighted by Gasteiger charge is -2.28. The third-order valence-corrected chi connectivity index (χ3v) is 5.61. The summed E-state index contributed by atoms with van der Waals surface area (Å²) < 4.78 is 7.20. The van der Waals surface area contributed by atoms with Crippen molar-refractivity contribution in [1.82, 2.24) is 25.3 Å². The lowest BCUT2D eigenvalue weighted by atomic mass is 9.83. The number of rotatable bonds is 10. The quantitative estimate of drug-likeness (QED) is 0.482. The van der Waals surface area contributed by atoms with Crippen LogP contribution in [0, 0.1) is 5.41 Å². The average Bonchev–Trinajstić information content (AvgIpc) is 3.27. The molecule has 154 valence electrons. The molecule has 0 aromatic carbocycles. The van der Waals surface area contributed by atoms with Crippen molar-refractivity contribution in [2.45, 2.75) is 45.1 Å². The first-order valence-electron chi connectivity index (χ1n) is 10.2. The Hall–Kier alpha value is -1.60. The Bertz CT molecular complexity index is 577. The van der Waals surface area contributed by atoms with Crippen LogP contribution in [-0.2, 0) is 11.8 Å². The van der Waals surface area contributed by atoms with Crippen molar-refractivity contribution in [3.05, 3.63) is 18.0 Å². The first-order valence-corrected chi connectivity index (χ1v) is 10.2. The minimum absolute atomic E-state index is 0.247. The molecule has 0 bridgehead atoms. The zero-order valence-corrected chi connectivity index (χ0v) is 17.8. The Morgan fingerprint density at radius 2 is 2.11 bits per heavy atom. The zero-order chi connectivity index (χ0) is 19.7. The van der Waals surface area contributed by atoms with Crippen molar-refractivity contribution in [3.8, 4) is 0 Å². The first-order chi connectivity index (χ1) is 13.0. The van der Waals surface area contributed by atoms with E-state index in [9.17, 15) is 0 Å². The van der Waals surface area contributed by atoms with Crippen LogP contribution in [0.3, 0.4) is 0 Å². The molecule has 1 aromatic heterocycles. The summed E-state index contributed by atoms with van der Waals surface area (Å²) in [6.07, 6.45) is 10.3. The van der Waals surface area contributed by atoms with E-state index in [2.05, 4.69) is 47.8 Å². The molecular formula is C20H38N6O. The van der Waals surface area contributed by atoms with Gasteiger partial charge in [0.1, 0.15) is 0 Å². The van der Waals surface area contributed by atoms with Crippen LogP contribution in [0.15, 0.2) is 17.4 Å². The Balaban J connectivity index is 2.01. The standard InChI is InChI=1S/C20H38N6O/c1-6-21-19(23-16-20(11-12-27-5)9-7-8-10-20)22-14-18(25(2)3)17-13-24-26(4)15-17/h13,15,18H,6-12,14,16H2,1-5H3,(H2,21,22,23). The van der Waals surface area contributed by atoms with Crippen molar-refractivity contribution in [3.63, 3.8) is 0 Å². The van der Waals surface area contributed by atoms with Crippen LogP contribution in [0.5, 0.6) is 0 Å². The molecule has 0 amide bonds. The number of aliphatic imine (C=N–C) groups is 1. The van der Waals surface area contributed by atoms with Gasteiger partial charge >= 0.3 is 0 Å². The summed E-state index contributed by atoms with van der Waals surface area (Å²) in [4.78, 5) is 7.16. The van der Waals surface area contributed by atoms with Crippen molar-refractivity contribution < 1.29 is 4.74 Å². The maximum absolute atomic E-state index is 5.35. The summed E-state index contributed by atoms with van der Waals surface area (Å²) in [7, 11) is 7.94. The van der Waals surface area contributed by atoms with E-state index in [1.54, 1.807) is 7.11 Å². The van der Waals surface area contributed by atoms with Gasteiger partial charge in [0.25, 0.3) is 0 Å². The molecule has 7 nitrogen and oxygen atoms in total. The van der Waals surface area contributed by atoms with E-state index in [0.717, 1.165) is 38.6 Å². The van der Waals surface area contributed by atoms with E-state index in [1.807, 2.05) is 17.9 Å². The van der Waals surface area contributed by atoms with E-state index in [4.69, 9.17) is 9.73 Å². The smallest absolute Gasteiger partial charge is 0.191 e. The van der Waals surface area contributed by atoms with E-state index < -0.39 is 0 Å². The van der Waals surface area contributed by atoms with Gasteiger partial charge in [-0.1, -0.05) is 12.8 Å². The van der Waals surface area contributed by atoms with Crippen LogP contribution >= 0.6 is 0 Å². The fraction of sp³-hybridized carbons (Fsp3) is 0.800. The predicted octanol–water partition coefficient (Wildman–Crippen LogP) is 2.17. The molecule has 0 spiro atoms. The van der Waals surface area contributed by atoms with E-state index >= 15 is 0 Å². The summed E-state index contributed by atoms with van der Waals surface area (Å²) in [6.45, 7) is 5.44. The second kappa shape index (κ2) is 10.7. The average molecular weight is 379 g/mol. The van der Waals surface area contributed by atoms with Crippen molar-refractivity contribution in [2.24, 2.45) is 17.5 Å². The Kier molecular flexibility index (Phi) is 8.57. The topological polar surface area (TPSA) is 66.7 Å². The van der Waals surface area contributed by atoms with Gasteiger partial charge in [-0.05, 0) is 45.7 Å². The molecule has 1 unspecified atom stereocenters. The van der Waals surface area contributed by atoms with Gasteiger partial charge < -0.3 is 20.3 Å². The van der Waals surface area contributed by atoms with Crippen LogP contribution in [0.25, 0.3) is 0 Å². The van der Waals surface area contributed by atoms with Gasteiger partial charge in [-0.15, -0.1) is 0 Å². The number of nitrogens with zero attached hydrogens (tertiary/aromatic N) is 4. The normalized spacial score (nSPS) is 18.1. The lowest BCUT2D eigenvalue weighted by molar-refractivity contribution is 0.141. The van der Waals surface area contributed by atoms with Gasteiger partial charge in [0, 0.05) is 52.2 Å². The molecule has 1 aromatic rings. The summed E-state index contributed by atoms with van der Waals surface area (Å²) >= 11 is 0. The number of aryl methyl sites for hydroxylation is 1. The molecule has 1 heterocycles. The summed E-state index contributed by atoms with van der Waals surface area (Å²) in [5.41, 5.74) is 1.51. The summed E-state index contributed by atoms with van der Waals surface area (Å²) in [5, 5.41) is 11.2. The third-order valence-electron chi connectivity index (χ3n) is 5.61. The molecule has 1 aliphatic carbocycles. The summed E-state index contributed by atoms with van der Waals surface area (Å²) in [5.74, 6) is 0.900. The van der Waals surface area contributed by atoms with Gasteiger partial charge in [-0.25, -0.2) is 0 Å². The van der Waals surface area contributed by atoms with Crippen LogP contribution in [-0.4, -0.2) is 68.1 Å². The van der Waals surface area contributed by atoms with E-state index in [0.29, 0.717) is 5.41 Å². The number of hydrogen-bond donors (Lipinski definition) is 2. The van der Waals surface area contributed by atoms with Crippen LogP contribution < -0.4 is 10.6 Å². The van der Waals surface area contributed by atoms with Crippen LogP contribution in [0.1, 0.15) is 50.6 Å². The number of guanidine groups is 1. The van der Waals surface area contributed by atoms with Gasteiger partial charge in [-0.2, -0.15) is 5.10 Å².